The van der Waals surface area contributed by atoms with Crippen molar-refractivity contribution in [1.82, 2.24) is 4.57 Å². The molecule has 1 amide bonds. The van der Waals surface area contributed by atoms with Crippen molar-refractivity contribution < 1.29 is 14.6 Å². The first kappa shape index (κ1) is 18.9. The fraction of sp³-hybridized carbons (Fsp3) is 0.250. The summed E-state index contributed by atoms with van der Waals surface area (Å²) in [6, 6.07) is 14.2. The Morgan fingerprint density at radius 1 is 1.19 bits per heavy atom. The second kappa shape index (κ2) is 8.22. The van der Waals surface area contributed by atoms with Gasteiger partial charge < -0.3 is 14.4 Å². The van der Waals surface area contributed by atoms with E-state index in [2.05, 4.69) is 24.1 Å². The molecule has 0 bridgehead atoms. The molecule has 0 aliphatic rings. The predicted molar refractivity (Wildman–Crippen MR) is 105 cm³/mol. The van der Waals surface area contributed by atoms with Crippen LogP contribution in [0.3, 0.4) is 0 Å². The van der Waals surface area contributed by atoms with Gasteiger partial charge in [0.1, 0.15) is 5.75 Å². The number of benzene rings is 2. The fourth-order valence-corrected chi connectivity index (χ4v) is 2.86. The van der Waals surface area contributed by atoms with Gasteiger partial charge in [-0.1, -0.05) is 43.6 Å². The highest BCUT2D eigenvalue weighted by Gasteiger charge is 2.17. The van der Waals surface area contributed by atoms with E-state index in [1.54, 1.807) is 28.8 Å². The van der Waals surface area contributed by atoms with Crippen LogP contribution in [0.25, 0.3) is 10.9 Å². The number of hydrogen-bond acceptors (Lipinski definition) is 4. The largest absolute Gasteiger partial charge is 0.493 e. The topological polar surface area (TPSA) is 76.2 Å². The van der Waals surface area contributed by atoms with Crippen LogP contribution in [0.5, 0.6) is 11.6 Å². The molecule has 7 heteroatoms. The summed E-state index contributed by atoms with van der Waals surface area (Å²) in [5.74, 6) is 0.301. The van der Waals surface area contributed by atoms with Crippen molar-refractivity contribution in [3.8, 4) is 11.6 Å². The number of azo groups is 1. The summed E-state index contributed by atoms with van der Waals surface area (Å²) in [7, 11) is 0. The second-order valence-electron chi connectivity index (χ2n) is 6.53. The van der Waals surface area contributed by atoms with Crippen molar-refractivity contribution in [2.75, 3.05) is 6.61 Å². The molecule has 0 radical (unpaired) electrons. The Morgan fingerprint density at radius 3 is 2.59 bits per heavy atom. The number of amides is 1. The number of rotatable bonds is 6. The quantitative estimate of drug-likeness (QED) is 0.581. The Labute approximate surface area is 162 Å². The molecular weight excluding hydrogens is 366 g/mol. The van der Waals surface area contributed by atoms with Gasteiger partial charge in [0.25, 0.3) is 0 Å². The van der Waals surface area contributed by atoms with Crippen molar-refractivity contribution in [3.63, 3.8) is 0 Å². The molecule has 0 saturated heterocycles. The SMILES string of the molecule is CC(C)Cn1c(O)c(N=NC(=O)COc2ccc(Cl)cc2)c2ccccc21. The normalized spacial score (nSPS) is 11.6. The van der Waals surface area contributed by atoms with Gasteiger partial charge in [0.15, 0.2) is 12.3 Å². The van der Waals surface area contributed by atoms with E-state index in [0.29, 0.717) is 23.2 Å². The van der Waals surface area contributed by atoms with Gasteiger partial charge in [-0.3, -0.25) is 4.79 Å². The Bertz CT molecular complexity index is 978. The summed E-state index contributed by atoms with van der Waals surface area (Å²) in [6.45, 7) is 4.51. The molecule has 0 spiro atoms. The number of fused-ring (bicyclic) bond motifs is 1. The molecule has 140 valence electrons. The summed E-state index contributed by atoms with van der Waals surface area (Å²) in [5, 5.41) is 19.6. The highest BCUT2D eigenvalue weighted by Crippen LogP contribution is 2.39. The first-order chi connectivity index (χ1) is 13.0. The Balaban J connectivity index is 1.78. The molecule has 6 nitrogen and oxygen atoms in total. The van der Waals surface area contributed by atoms with Crippen LogP contribution in [0.4, 0.5) is 5.69 Å². The van der Waals surface area contributed by atoms with Crippen LogP contribution >= 0.6 is 11.6 Å². The van der Waals surface area contributed by atoms with E-state index < -0.39 is 5.91 Å². The lowest BCUT2D eigenvalue weighted by Crippen LogP contribution is -2.07. The fourth-order valence-electron chi connectivity index (χ4n) is 2.73. The lowest BCUT2D eigenvalue weighted by atomic mass is 10.2. The highest BCUT2D eigenvalue weighted by atomic mass is 35.5. The van der Waals surface area contributed by atoms with E-state index in [4.69, 9.17) is 16.3 Å². The third-order valence-corrected chi connectivity index (χ3v) is 4.15. The van der Waals surface area contributed by atoms with Gasteiger partial charge in [-0.2, -0.15) is 0 Å². The van der Waals surface area contributed by atoms with E-state index in [0.717, 1.165) is 10.9 Å². The number of aromatic nitrogens is 1. The third-order valence-electron chi connectivity index (χ3n) is 3.90. The van der Waals surface area contributed by atoms with Crippen LogP contribution in [0.1, 0.15) is 13.8 Å². The van der Waals surface area contributed by atoms with Gasteiger partial charge in [-0.05, 0) is 36.2 Å². The molecule has 1 heterocycles. The number of nitrogens with zero attached hydrogens (tertiary/aromatic N) is 3. The smallest absolute Gasteiger partial charge is 0.302 e. The van der Waals surface area contributed by atoms with Crippen LogP contribution in [-0.4, -0.2) is 22.2 Å². The van der Waals surface area contributed by atoms with Crippen molar-refractivity contribution in [2.45, 2.75) is 20.4 Å². The molecule has 3 rings (SSSR count). The summed E-state index contributed by atoms with van der Waals surface area (Å²) < 4.78 is 7.14. The summed E-state index contributed by atoms with van der Waals surface area (Å²) in [4.78, 5) is 12.0. The molecular formula is C20H20ClN3O3. The molecule has 0 unspecified atom stereocenters. The molecule has 1 N–H and O–H groups in total. The van der Waals surface area contributed by atoms with E-state index in [1.165, 1.54) is 0 Å². The maximum Gasteiger partial charge on any atom is 0.302 e. The van der Waals surface area contributed by atoms with Crippen molar-refractivity contribution in [3.05, 3.63) is 53.6 Å². The van der Waals surface area contributed by atoms with Gasteiger partial charge in [0.05, 0.1) is 5.52 Å². The predicted octanol–water partition coefficient (Wildman–Crippen LogP) is 5.35. The number of aromatic hydroxyl groups is 1. The average molecular weight is 386 g/mol. The average Bonchev–Trinajstić information content (AvgIpc) is 2.91. The first-order valence-electron chi connectivity index (χ1n) is 8.59. The Kier molecular flexibility index (Phi) is 5.76. The van der Waals surface area contributed by atoms with Crippen LogP contribution in [0.2, 0.25) is 5.02 Å². The van der Waals surface area contributed by atoms with Crippen molar-refractivity contribution in [2.24, 2.45) is 16.1 Å². The minimum absolute atomic E-state index is 0.0000645. The molecule has 0 aliphatic carbocycles. The van der Waals surface area contributed by atoms with Crippen LogP contribution in [0, 0.1) is 5.92 Å². The molecule has 27 heavy (non-hydrogen) atoms. The third kappa shape index (κ3) is 4.46. The number of carbonyl (C=O) groups is 1. The Hall–Kier alpha value is -2.86. The zero-order valence-electron chi connectivity index (χ0n) is 15.1. The standard InChI is InChI=1S/C20H20ClN3O3/c1-13(2)11-24-17-6-4-3-5-16(17)19(20(24)26)23-22-18(25)12-27-15-9-7-14(21)8-10-15/h3-10,13,26H,11-12H2,1-2H3. The maximum atomic E-state index is 12.0. The number of halogens is 1. The van der Waals surface area contributed by atoms with Crippen LogP contribution < -0.4 is 4.74 Å². The molecule has 1 aromatic heterocycles. The van der Waals surface area contributed by atoms with Gasteiger partial charge in [-0.15, -0.1) is 10.2 Å². The number of ether oxygens (including phenoxy) is 1. The van der Waals surface area contributed by atoms with Gasteiger partial charge in [0.2, 0.25) is 5.88 Å². The summed E-state index contributed by atoms with van der Waals surface area (Å²) >= 11 is 5.81. The monoisotopic (exact) mass is 385 g/mol. The zero-order valence-corrected chi connectivity index (χ0v) is 15.8. The van der Waals surface area contributed by atoms with Crippen molar-refractivity contribution >= 4 is 34.1 Å². The minimum Gasteiger partial charge on any atom is -0.493 e. The van der Waals surface area contributed by atoms with E-state index >= 15 is 0 Å². The maximum absolute atomic E-state index is 12.0. The lowest BCUT2D eigenvalue weighted by molar-refractivity contribution is -0.120. The number of para-hydroxylation sites is 1. The first-order valence-corrected chi connectivity index (χ1v) is 8.96. The summed E-state index contributed by atoms with van der Waals surface area (Å²) in [6.07, 6.45) is 0. The van der Waals surface area contributed by atoms with Gasteiger partial charge >= 0.3 is 5.91 Å². The zero-order chi connectivity index (χ0) is 19.4. The van der Waals surface area contributed by atoms with E-state index in [9.17, 15) is 9.90 Å². The van der Waals surface area contributed by atoms with E-state index in [1.807, 2.05) is 24.3 Å². The van der Waals surface area contributed by atoms with Gasteiger partial charge in [0, 0.05) is 17.0 Å². The lowest BCUT2D eigenvalue weighted by Gasteiger charge is -2.09. The van der Waals surface area contributed by atoms with Crippen molar-refractivity contribution in [1.29, 1.82) is 0 Å². The minimum atomic E-state index is -0.551. The highest BCUT2D eigenvalue weighted by molar-refractivity contribution is 6.30. The Morgan fingerprint density at radius 2 is 1.89 bits per heavy atom. The number of carbonyl (C=O) groups excluding carboxylic acids is 1. The molecule has 2 aromatic carbocycles. The van der Waals surface area contributed by atoms with Gasteiger partial charge in [-0.25, -0.2) is 0 Å². The number of hydrogen-bond donors (Lipinski definition) is 1. The van der Waals surface area contributed by atoms with Crippen LogP contribution in [-0.2, 0) is 11.3 Å². The summed E-state index contributed by atoms with van der Waals surface area (Å²) in [5.41, 5.74) is 1.13. The molecule has 0 fully saturated rings. The van der Waals surface area contributed by atoms with E-state index in [-0.39, 0.29) is 18.2 Å². The molecule has 0 atom stereocenters. The molecule has 3 aromatic rings. The van der Waals surface area contributed by atoms with Crippen LogP contribution in [0.15, 0.2) is 58.8 Å². The second-order valence-corrected chi connectivity index (χ2v) is 6.97. The molecule has 0 saturated carbocycles. The molecule has 0 aliphatic heterocycles.